The maximum Gasteiger partial charge on any atom is 0.335 e. The fourth-order valence-corrected chi connectivity index (χ4v) is 3.82. The minimum atomic E-state index is -0.925. The molecule has 0 atom stereocenters. The largest absolute Gasteiger partial charge is 0.494 e. The molecule has 0 unspecified atom stereocenters. The van der Waals surface area contributed by atoms with Crippen molar-refractivity contribution in [2.45, 2.75) is 64.9 Å². The Kier molecular flexibility index (Phi) is 10.5. The molecule has 0 radical (unpaired) electrons. The molecule has 0 aromatic heterocycles. The highest BCUT2D eigenvalue weighted by Gasteiger charge is 2.04. The molecule has 0 aliphatic carbocycles. The third kappa shape index (κ3) is 8.58. The number of aromatic carboxylic acids is 1. The van der Waals surface area contributed by atoms with Crippen LogP contribution < -0.4 is 9.47 Å². The first-order chi connectivity index (χ1) is 16.7. The van der Waals surface area contributed by atoms with Crippen LogP contribution in [0, 0.1) is 0 Å². The maximum atomic E-state index is 10.9. The summed E-state index contributed by atoms with van der Waals surface area (Å²) in [6.07, 6.45) is 10.4. The van der Waals surface area contributed by atoms with E-state index < -0.39 is 5.97 Å². The van der Waals surface area contributed by atoms with Gasteiger partial charge in [0.2, 0.25) is 0 Å². The Morgan fingerprint density at radius 3 is 1.68 bits per heavy atom. The summed E-state index contributed by atoms with van der Waals surface area (Å²) < 4.78 is 11.7. The second-order valence-corrected chi connectivity index (χ2v) is 8.66. The van der Waals surface area contributed by atoms with Crippen LogP contribution in [0.5, 0.6) is 11.5 Å². The van der Waals surface area contributed by atoms with Gasteiger partial charge >= 0.3 is 5.97 Å². The molecule has 3 aromatic rings. The van der Waals surface area contributed by atoms with Crippen molar-refractivity contribution in [2.75, 3.05) is 6.61 Å². The summed E-state index contributed by atoms with van der Waals surface area (Å²) in [7, 11) is 0. The summed E-state index contributed by atoms with van der Waals surface area (Å²) >= 11 is 0. The SMILES string of the molecule is CCCCCCCCCCOc1ccc(-c2ccc(OCc3ccc(C(=O)O)cc3)cc2)cc1. The van der Waals surface area contributed by atoms with Crippen LogP contribution in [-0.4, -0.2) is 17.7 Å². The van der Waals surface area contributed by atoms with Crippen LogP contribution in [0.1, 0.15) is 74.2 Å². The lowest BCUT2D eigenvalue weighted by atomic mass is 10.1. The minimum Gasteiger partial charge on any atom is -0.494 e. The maximum absolute atomic E-state index is 10.9. The molecule has 0 spiro atoms. The van der Waals surface area contributed by atoms with Gasteiger partial charge in [0, 0.05) is 0 Å². The highest BCUT2D eigenvalue weighted by atomic mass is 16.5. The van der Waals surface area contributed by atoms with Crippen molar-refractivity contribution in [3.63, 3.8) is 0 Å². The molecule has 0 amide bonds. The smallest absolute Gasteiger partial charge is 0.335 e. The molecule has 0 fully saturated rings. The number of hydrogen-bond acceptors (Lipinski definition) is 3. The molecule has 3 aromatic carbocycles. The third-order valence-electron chi connectivity index (χ3n) is 5.91. The predicted molar refractivity (Wildman–Crippen MR) is 138 cm³/mol. The molecule has 0 saturated carbocycles. The molecule has 180 valence electrons. The number of hydrogen-bond donors (Lipinski definition) is 1. The zero-order valence-corrected chi connectivity index (χ0v) is 20.2. The van der Waals surface area contributed by atoms with E-state index in [2.05, 4.69) is 19.1 Å². The molecule has 4 nitrogen and oxygen atoms in total. The quantitative estimate of drug-likeness (QED) is 0.232. The average Bonchev–Trinajstić information content (AvgIpc) is 2.87. The Hall–Kier alpha value is -3.27. The van der Waals surface area contributed by atoms with Crippen LogP contribution >= 0.6 is 0 Å². The van der Waals surface area contributed by atoms with Crippen LogP contribution in [0.2, 0.25) is 0 Å². The lowest BCUT2D eigenvalue weighted by Crippen LogP contribution is -1.98. The number of unbranched alkanes of at least 4 members (excludes halogenated alkanes) is 7. The zero-order valence-electron chi connectivity index (χ0n) is 20.2. The Balaban J connectivity index is 1.38. The molecule has 1 N–H and O–H groups in total. The summed E-state index contributed by atoms with van der Waals surface area (Å²) in [6, 6.07) is 23.0. The predicted octanol–water partition coefficient (Wildman–Crippen LogP) is 8.15. The highest BCUT2D eigenvalue weighted by Crippen LogP contribution is 2.25. The van der Waals surface area contributed by atoms with Crippen molar-refractivity contribution in [1.29, 1.82) is 0 Å². The number of rotatable bonds is 15. The van der Waals surface area contributed by atoms with Crippen molar-refractivity contribution in [2.24, 2.45) is 0 Å². The van der Waals surface area contributed by atoms with Gasteiger partial charge < -0.3 is 14.6 Å². The van der Waals surface area contributed by atoms with E-state index in [4.69, 9.17) is 14.6 Å². The van der Waals surface area contributed by atoms with Crippen molar-refractivity contribution < 1.29 is 19.4 Å². The number of benzene rings is 3. The standard InChI is InChI=1S/C30H36O4/c1-2-3-4-5-6-7-8-9-22-33-28-18-14-25(15-19-28)26-16-20-29(21-17-26)34-23-24-10-12-27(13-11-24)30(31)32/h10-21H,2-9,22-23H2,1H3,(H,31,32). The van der Waals surface area contributed by atoms with Crippen LogP contribution in [0.4, 0.5) is 0 Å². The van der Waals surface area contributed by atoms with Gasteiger partial charge in [0.05, 0.1) is 12.2 Å². The average molecular weight is 461 g/mol. The van der Waals surface area contributed by atoms with Gasteiger partial charge in [-0.25, -0.2) is 4.79 Å². The molecule has 0 heterocycles. The fourth-order valence-electron chi connectivity index (χ4n) is 3.82. The Labute approximate surface area is 203 Å². The van der Waals surface area contributed by atoms with Gasteiger partial charge in [-0.15, -0.1) is 0 Å². The van der Waals surface area contributed by atoms with Crippen LogP contribution in [0.15, 0.2) is 72.8 Å². The normalized spacial score (nSPS) is 10.7. The monoisotopic (exact) mass is 460 g/mol. The Morgan fingerprint density at radius 2 is 1.15 bits per heavy atom. The minimum absolute atomic E-state index is 0.276. The molecular weight excluding hydrogens is 424 g/mol. The molecule has 4 heteroatoms. The van der Waals surface area contributed by atoms with E-state index in [1.807, 2.05) is 36.4 Å². The van der Waals surface area contributed by atoms with Gasteiger partial charge in [-0.2, -0.15) is 0 Å². The van der Waals surface area contributed by atoms with Crippen LogP contribution in [0.25, 0.3) is 11.1 Å². The summed E-state index contributed by atoms with van der Waals surface area (Å²) in [6.45, 7) is 3.43. The number of carboxylic acids is 1. The van der Waals surface area contributed by atoms with Gasteiger partial charge in [0.15, 0.2) is 0 Å². The van der Waals surface area contributed by atoms with E-state index in [9.17, 15) is 4.79 Å². The topological polar surface area (TPSA) is 55.8 Å². The molecule has 0 saturated heterocycles. The van der Waals surface area contributed by atoms with E-state index in [-0.39, 0.29) is 5.56 Å². The van der Waals surface area contributed by atoms with Crippen molar-refractivity contribution in [3.8, 4) is 22.6 Å². The molecule has 3 rings (SSSR count). The van der Waals surface area contributed by atoms with Gasteiger partial charge in [-0.05, 0) is 59.5 Å². The van der Waals surface area contributed by atoms with E-state index >= 15 is 0 Å². The van der Waals surface area contributed by atoms with E-state index in [0.29, 0.717) is 6.61 Å². The van der Waals surface area contributed by atoms with Gasteiger partial charge in [0.1, 0.15) is 18.1 Å². The van der Waals surface area contributed by atoms with E-state index in [1.54, 1.807) is 24.3 Å². The van der Waals surface area contributed by atoms with Gasteiger partial charge in [-0.3, -0.25) is 0 Å². The Morgan fingerprint density at radius 1 is 0.647 bits per heavy atom. The lowest BCUT2D eigenvalue weighted by molar-refractivity contribution is 0.0697. The van der Waals surface area contributed by atoms with E-state index in [0.717, 1.165) is 41.2 Å². The molecule has 0 aliphatic rings. The highest BCUT2D eigenvalue weighted by molar-refractivity contribution is 5.87. The summed E-state index contributed by atoms with van der Waals surface area (Å²) in [5, 5.41) is 8.98. The van der Waals surface area contributed by atoms with Crippen LogP contribution in [-0.2, 0) is 6.61 Å². The van der Waals surface area contributed by atoms with Crippen molar-refractivity contribution in [1.82, 2.24) is 0 Å². The first-order valence-electron chi connectivity index (χ1n) is 12.4. The first kappa shape index (κ1) is 25.4. The first-order valence-corrected chi connectivity index (χ1v) is 12.4. The molecular formula is C30H36O4. The second kappa shape index (κ2) is 14.1. The molecule has 0 bridgehead atoms. The number of ether oxygens (including phenoxy) is 2. The third-order valence-corrected chi connectivity index (χ3v) is 5.91. The Bertz CT molecular complexity index is 976. The number of carboxylic acid groups (broad SMARTS) is 1. The van der Waals surface area contributed by atoms with E-state index in [1.165, 1.54) is 44.9 Å². The molecule has 34 heavy (non-hydrogen) atoms. The fraction of sp³-hybridized carbons (Fsp3) is 0.367. The zero-order chi connectivity index (χ0) is 24.0. The van der Waals surface area contributed by atoms with Crippen molar-refractivity contribution in [3.05, 3.63) is 83.9 Å². The lowest BCUT2D eigenvalue weighted by Gasteiger charge is -2.09. The molecule has 0 aliphatic heterocycles. The summed E-state index contributed by atoms with van der Waals surface area (Å²) in [5.41, 5.74) is 3.46. The van der Waals surface area contributed by atoms with Gasteiger partial charge in [0.25, 0.3) is 0 Å². The summed E-state index contributed by atoms with van der Waals surface area (Å²) in [5.74, 6) is 0.767. The van der Waals surface area contributed by atoms with Crippen molar-refractivity contribution >= 4 is 5.97 Å². The second-order valence-electron chi connectivity index (χ2n) is 8.66. The summed E-state index contributed by atoms with van der Waals surface area (Å²) in [4.78, 5) is 10.9. The number of carbonyl (C=O) groups is 1. The van der Waals surface area contributed by atoms with Crippen LogP contribution in [0.3, 0.4) is 0 Å². The van der Waals surface area contributed by atoms with Gasteiger partial charge in [-0.1, -0.05) is 88.3 Å².